The molecule has 2 amide bonds. The summed E-state index contributed by atoms with van der Waals surface area (Å²) in [7, 11) is 0. The Labute approximate surface area is 169 Å². The molecule has 6 nitrogen and oxygen atoms in total. The molecule has 27 heavy (non-hydrogen) atoms. The van der Waals surface area contributed by atoms with Crippen molar-refractivity contribution in [3.8, 4) is 0 Å². The first kappa shape index (κ1) is 17.0. The van der Waals surface area contributed by atoms with Gasteiger partial charge >= 0.3 is 4.87 Å². The van der Waals surface area contributed by atoms with Crippen LogP contribution in [0.4, 0.5) is 5.69 Å². The van der Waals surface area contributed by atoms with Crippen molar-refractivity contribution in [2.45, 2.75) is 16.2 Å². The molecular formula is C18H11BrN2O4S2. The van der Waals surface area contributed by atoms with Crippen molar-refractivity contribution in [1.29, 1.82) is 0 Å². The smallest absolute Gasteiger partial charge is 0.305 e. The van der Waals surface area contributed by atoms with E-state index in [0.29, 0.717) is 16.5 Å². The van der Waals surface area contributed by atoms with Gasteiger partial charge in [0.2, 0.25) is 11.8 Å². The molecule has 1 saturated heterocycles. The third-order valence-corrected chi connectivity index (χ3v) is 7.69. The van der Waals surface area contributed by atoms with Crippen molar-refractivity contribution in [2.24, 2.45) is 5.92 Å². The van der Waals surface area contributed by atoms with Crippen LogP contribution in [0, 0.1) is 5.92 Å². The van der Waals surface area contributed by atoms with Gasteiger partial charge in [0.25, 0.3) is 0 Å². The summed E-state index contributed by atoms with van der Waals surface area (Å²) in [6, 6.07) is 10.6. The summed E-state index contributed by atoms with van der Waals surface area (Å²) in [6.45, 7) is 0. The van der Waals surface area contributed by atoms with Gasteiger partial charge in [-0.15, -0.1) is 0 Å². The van der Waals surface area contributed by atoms with Crippen LogP contribution >= 0.6 is 39.0 Å². The van der Waals surface area contributed by atoms with Crippen LogP contribution in [0.3, 0.4) is 0 Å². The second-order valence-corrected chi connectivity index (χ2v) is 9.34. The minimum Gasteiger partial charge on any atom is -0.469 e. The predicted octanol–water partition coefficient (Wildman–Crippen LogP) is 3.59. The van der Waals surface area contributed by atoms with Gasteiger partial charge in [-0.25, -0.2) is 4.90 Å². The van der Waals surface area contributed by atoms with E-state index in [1.165, 1.54) is 22.9 Å². The highest BCUT2D eigenvalue weighted by molar-refractivity contribution is 9.10. The first-order chi connectivity index (χ1) is 13.0. The number of halogens is 1. The first-order valence-corrected chi connectivity index (χ1v) is 10.6. The molecule has 0 bridgehead atoms. The molecule has 0 radical (unpaired) electrons. The quantitative estimate of drug-likeness (QED) is 0.588. The molecule has 5 rings (SSSR count). The zero-order valence-corrected chi connectivity index (χ0v) is 16.8. The molecule has 4 heterocycles. The summed E-state index contributed by atoms with van der Waals surface area (Å²) in [6.07, 6.45) is 1.54. The highest BCUT2D eigenvalue weighted by Crippen LogP contribution is 2.53. The van der Waals surface area contributed by atoms with E-state index in [0.717, 1.165) is 20.7 Å². The summed E-state index contributed by atoms with van der Waals surface area (Å²) in [4.78, 5) is 42.9. The van der Waals surface area contributed by atoms with E-state index in [9.17, 15) is 14.4 Å². The van der Waals surface area contributed by atoms with Crippen molar-refractivity contribution in [3.05, 3.63) is 67.4 Å². The number of thiazole rings is 1. The Kier molecular flexibility index (Phi) is 3.92. The van der Waals surface area contributed by atoms with Crippen molar-refractivity contribution < 1.29 is 14.0 Å². The van der Waals surface area contributed by atoms with Crippen LogP contribution in [-0.2, 0) is 9.59 Å². The van der Waals surface area contributed by atoms with E-state index in [1.54, 1.807) is 36.4 Å². The van der Waals surface area contributed by atoms with Crippen LogP contribution in [0.1, 0.15) is 16.6 Å². The van der Waals surface area contributed by atoms with Crippen LogP contribution in [0.2, 0.25) is 0 Å². The third kappa shape index (κ3) is 2.56. The number of hydrogen-bond donors (Lipinski definition) is 1. The number of carbonyl (C=O) groups excluding carboxylic acids is 2. The summed E-state index contributed by atoms with van der Waals surface area (Å²) in [5.41, 5.74) is 0.540. The van der Waals surface area contributed by atoms with E-state index < -0.39 is 17.1 Å². The van der Waals surface area contributed by atoms with Crippen LogP contribution in [0.5, 0.6) is 0 Å². The summed E-state index contributed by atoms with van der Waals surface area (Å²) < 4.78 is 6.45. The number of nitrogens with zero attached hydrogens (tertiary/aromatic N) is 1. The SMILES string of the molecule is O=C1C2Sc3[nH]c(=O)sc3[C@H](c3ccco3)C2C(=O)N1c1ccc(Br)cc1. The molecule has 136 valence electrons. The van der Waals surface area contributed by atoms with Crippen molar-refractivity contribution in [2.75, 3.05) is 4.90 Å². The number of furan rings is 1. The number of amides is 2. The number of anilines is 1. The van der Waals surface area contributed by atoms with Gasteiger partial charge in [-0.2, -0.15) is 0 Å². The number of aromatic amines is 1. The van der Waals surface area contributed by atoms with Crippen LogP contribution in [0.15, 0.2) is 61.4 Å². The molecule has 9 heteroatoms. The fraction of sp³-hybridized carbons (Fsp3) is 0.167. The number of H-pyrrole nitrogens is 1. The fourth-order valence-electron chi connectivity index (χ4n) is 3.64. The van der Waals surface area contributed by atoms with E-state index >= 15 is 0 Å². The number of fused-ring (bicyclic) bond motifs is 2. The molecule has 2 aliphatic rings. The van der Waals surface area contributed by atoms with Gasteiger partial charge in [0.05, 0.1) is 33.7 Å². The lowest BCUT2D eigenvalue weighted by atomic mass is 9.87. The lowest BCUT2D eigenvalue weighted by Crippen LogP contribution is -2.32. The van der Waals surface area contributed by atoms with Gasteiger partial charge in [0.15, 0.2) is 0 Å². The lowest BCUT2D eigenvalue weighted by Gasteiger charge is -2.27. The Morgan fingerprint density at radius 2 is 1.85 bits per heavy atom. The Morgan fingerprint density at radius 3 is 2.56 bits per heavy atom. The van der Waals surface area contributed by atoms with E-state index in [4.69, 9.17) is 4.42 Å². The fourth-order valence-corrected chi connectivity index (χ4v) is 6.40. The van der Waals surface area contributed by atoms with Crippen molar-refractivity contribution >= 4 is 56.5 Å². The summed E-state index contributed by atoms with van der Waals surface area (Å²) in [5, 5.41) is 0.0421. The molecule has 3 aromatic rings. The molecule has 0 aliphatic carbocycles. The number of aromatic nitrogens is 1. The first-order valence-electron chi connectivity index (χ1n) is 8.11. The summed E-state index contributed by atoms with van der Waals surface area (Å²) >= 11 is 5.69. The molecule has 0 saturated carbocycles. The number of thioether (sulfide) groups is 1. The zero-order valence-electron chi connectivity index (χ0n) is 13.5. The second-order valence-electron chi connectivity index (χ2n) is 6.25. The zero-order chi connectivity index (χ0) is 18.7. The maximum Gasteiger partial charge on any atom is 0.305 e. The highest BCUT2D eigenvalue weighted by atomic mass is 79.9. The molecular weight excluding hydrogens is 452 g/mol. The Balaban J connectivity index is 1.64. The molecule has 2 unspecified atom stereocenters. The molecule has 1 fully saturated rings. The second kappa shape index (κ2) is 6.22. The third-order valence-electron chi connectivity index (χ3n) is 4.76. The number of rotatable bonds is 2. The average Bonchev–Trinajstić information content (AvgIpc) is 3.34. The van der Waals surface area contributed by atoms with Crippen molar-refractivity contribution in [3.63, 3.8) is 0 Å². The minimum atomic E-state index is -0.615. The van der Waals surface area contributed by atoms with Gasteiger partial charge in [-0.05, 0) is 36.4 Å². The Morgan fingerprint density at radius 1 is 1.07 bits per heavy atom. The Bertz CT molecular complexity index is 1100. The molecule has 2 aliphatic heterocycles. The Hall–Kier alpha value is -2.10. The van der Waals surface area contributed by atoms with Crippen LogP contribution < -0.4 is 9.77 Å². The normalized spacial score (nSPS) is 24.2. The molecule has 2 aromatic heterocycles. The van der Waals surface area contributed by atoms with Gasteiger partial charge in [-0.1, -0.05) is 39.0 Å². The van der Waals surface area contributed by atoms with Gasteiger partial charge in [0.1, 0.15) is 11.0 Å². The standard InChI is InChI=1S/C18H11BrN2O4S2/c19-8-3-5-9(6-4-8)21-16(22)12-11(10-2-1-7-25-10)13-15(20-18(24)27-13)26-14(12)17(21)23/h1-7,11-12,14H,(H,20,24)/t11-,12?,14?/m1/s1. The predicted molar refractivity (Wildman–Crippen MR) is 105 cm³/mol. The van der Waals surface area contributed by atoms with Gasteiger partial charge in [0, 0.05) is 4.47 Å². The minimum absolute atomic E-state index is 0.200. The van der Waals surface area contributed by atoms with Crippen LogP contribution in [0.25, 0.3) is 0 Å². The lowest BCUT2D eigenvalue weighted by molar-refractivity contribution is -0.122. The number of hydrogen-bond acceptors (Lipinski definition) is 6. The van der Waals surface area contributed by atoms with Gasteiger partial charge < -0.3 is 9.40 Å². The number of benzene rings is 1. The molecule has 1 aromatic carbocycles. The number of carbonyl (C=O) groups is 2. The molecule has 0 spiro atoms. The summed E-state index contributed by atoms with van der Waals surface area (Å²) in [5.74, 6) is -1.03. The topological polar surface area (TPSA) is 83.4 Å². The maximum absolute atomic E-state index is 13.3. The van der Waals surface area contributed by atoms with Crippen molar-refractivity contribution in [1.82, 2.24) is 4.98 Å². The molecule has 3 atom stereocenters. The monoisotopic (exact) mass is 462 g/mol. The van der Waals surface area contributed by atoms with Crippen LogP contribution in [-0.4, -0.2) is 22.0 Å². The van der Waals surface area contributed by atoms with E-state index in [1.807, 2.05) is 0 Å². The van der Waals surface area contributed by atoms with E-state index in [-0.39, 0.29) is 16.7 Å². The highest BCUT2D eigenvalue weighted by Gasteiger charge is 2.57. The average molecular weight is 463 g/mol. The molecule has 1 N–H and O–H groups in total. The van der Waals surface area contributed by atoms with E-state index in [2.05, 4.69) is 20.9 Å². The van der Waals surface area contributed by atoms with Gasteiger partial charge in [-0.3, -0.25) is 14.4 Å². The largest absolute Gasteiger partial charge is 0.469 e. The number of nitrogens with one attached hydrogen (secondary N) is 1. The number of imide groups is 1. The maximum atomic E-state index is 13.3.